The number of rotatable bonds is 1. The van der Waals surface area contributed by atoms with Crippen molar-refractivity contribution >= 4 is 0 Å². The van der Waals surface area contributed by atoms with Crippen molar-refractivity contribution in [1.29, 1.82) is 0 Å². The van der Waals surface area contributed by atoms with Crippen molar-refractivity contribution in [3.8, 4) is 0 Å². The fourth-order valence-corrected chi connectivity index (χ4v) is 2.54. The number of aromatic nitrogens is 1. The van der Waals surface area contributed by atoms with Crippen LogP contribution in [0.2, 0.25) is 0 Å². The smallest absolute Gasteiger partial charge is 0.0302 e. The van der Waals surface area contributed by atoms with Crippen LogP contribution in [0, 0.1) is 12.8 Å². The molecular formula is C13H19N. The molecule has 0 bridgehead atoms. The molecule has 1 nitrogen and oxygen atoms in total. The first-order valence-corrected chi connectivity index (χ1v) is 5.67. The lowest BCUT2D eigenvalue weighted by Crippen LogP contribution is -2.11. The third-order valence-electron chi connectivity index (χ3n) is 3.30. The molecule has 0 N–H and O–H groups in total. The van der Waals surface area contributed by atoms with E-state index in [0.29, 0.717) is 0 Å². The predicted octanol–water partition coefficient (Wildman–Crippen LogP) is 3.68. The summed E-state index contributed by atoms with van der Waals surface area (Å²) >= 11 is 0. The molecule has 1 aromatic rings. The zero-order chi connectivity index (χ0) is 9.97. The molecule has 0 saturated heterocycles. The monoisotopic (exact) mass is 189 g/mol. The van der Waals surface area contributed by atoms with Crippen LogP contribution in [0.3, 0.4) is 0 Å². The van der Waals surface area contributed by atoms with Gasteiger partial charge in [-0.25, -0.2) is 0 Å². The average molecular weight is 189 g/mol. The van der Waals surface area contributed by atoms with E-state index >= 15 is 0 Å². The highest BCUT2D eigenvalue weighted by atomic mass is 14.6. The van der Waals surface area contributed by atoms with Gasteiger partial charge in [0.25, 0.3) is 0 Å². The zero-order valence-electron chi connectivity index (χ0n) is 9.16. The fourth-order valence-electron chi connectivity index (χ4n) is 2.54. The first kappa shape index (κ1) is 9.70. The second kappa shape index (κ2) is 4.12. The van der Waals surface area contributed by atoms with E-state index in [-0.39, 0.29) is 0 Å². The van der Waals surface area contributed by atoms with Gasteiger partial charge in [-0.3, -0.25) is 4.98 Å². The molecule has 1 saturated carbocycles. The minimum absolute atomic E-state index is 0.770. The SMILES string of the molecule is Cc1cncc(C2CCC[C@H](C)C2)c1. The Labute approximate surface area is 86.6 Å². The molecular weight excluding hydrogens is 170 g/mol. The van der Waals surface area contributed by atoms with Crippen molar-refractivity contribution in [3.05, 3.63) is 29.6 Å². The van der Waals surface area contributed by atoms with Gasteiger partial charge >= 0.3 is 0 Å². The molecule has 2 rings (SSSR count). The molecule has 2 atom stereocenters. The van der Waals surface area contributed by atoms with Crippen molar-refractivity contribution in [3.63, 3.8) is 0 Å². The molecule has 1 aliphatic rings. The predicted molar refractivity (Wildman–Crippen MR) is 59.3 cm³/mol. The van der Waals surface area contributed by atoms with E-state index in [1.54, 1.807) is 0 Å². The van der Waals surface area contributed by atoms with Crippen LogP contribution >= 0.6 is 0 Å². The minimum Gasteiger partial charge on any atom is -0.264 e. The maximum absolute atomic E-state index is 4.28. The number of hydrogen-bond donors (Lipinski definition) is 0. The van der Waals surface area contributed by atoms with Crippen LogP contribution in [0.25, 0.3) is 0 Å². The molecule has 0 radical (unpaired) electrons. The molecule has 76 valence electrons. The van der Waals surface area contributed by atoms with E-state index in [4.69, 9.17) is 0 Å². The Balaban J connectivity index is 2.14. The molecule has 1 heteroatoms. The van der Waals surface area contributed by atoms with Gasteiger partial charge in [-0.1, -0.05) is 25.8 Å². The highest BCUT2D eigenvalue weighted by Gasteiger charge is 2.20. The molecule has 1 heterocycles. The van der Waals surface area contributed by atoms with Gasteiger partial charge in [-0.05, 0) is 42.7 Å². The Morgan fingerprint density at radius 1 is 1.29 bits per heavy atom. The Morgan fingerprint density at radius 3 is 2.86 bits per heavy atom. The fraction of sp³-hybridized carbons (Fsp3) is 0.615. The van der Waals surface area contributed by atoms with Crippen LogP contribution in [0.5, 0.6) is 0 Å². The van der Waals surface area contributed by atoms with Crippen molar-refractivity contribution in [2.45, 2.75) is 45.4 Å². The Bertz CT molecular complexity index is 306. The summed E-state index contributed by atoms with van der Waals surface area (Å²) in [5.74, 6) is 1.67. The molecule has 0 amide bonds. The molecule has 1 fully saturated rings. The zero-order valence-corrected chi connectivity index (χ0v) is 9.16. The minimum atomic E-state index is 0.770. The summed E-state index contributed by atoms with van der Waals surface area (Å²) in [6.45, 7) is 4.50. The number of pyridine rings is 1. The van der Waals surface area contributed by atoms with Gasteiger partial charge in [0.15, 0.2) is 0 Å². The van der Waals surface area contributed by atoms with Crippen molar-refractivity contribution in [2.24, 2.45) is 5.92 Å². The average Bonchev–Trinajstić information content (AvgIpc) is 2.18. The van der Waals surface area contributed by atoms with Crippen LogP contribution in [-0.4, -0.2) is 4.98 Å². The lowest BCUT2D eigenvalue weighted by Gasteiger charge is -2.26. The topological polar surface area (TPSA) is 12.9 Å². The summed E-state index contributed by atoms with van der Waals surface area (Å²) in [6.07, 6.45) is 9.50. The van der Waals surface area contributed by atoms with Gasteiger partial charge < -0.3 is 0 Å². The summed E-state index contributed by atoms with van der Waals surface area (Å²) in [4.78, 5) is 4.28. The second-order valence-electron chi connectivity index (χ2n) is 4.76. The number of hydrogen-bond acceptors (Lipinski definition) is 1. The van der Waals surface area contributed by atoms with Crippen LogP contribution in [0.1, 0.15) is 49.7 Å². The van der Waals surface area contributed by atoms with E-state index in [0.717, 1.165) is 11.8 Å². The Kier molecular flexibility index (Phi) is 2.85. The van der Waals surface area contributed by atoms with Crippen LogP contribution in [0.4, 0.5) is 0 Å². The highest BCUT2D eigenvalue weighted by molar-refractivity contribution is 5.21. The van der Waals surface area contributed by atoms with Gasteiger partial charge in [0.05, 0.1) is 0 Å². The van der Waals surface area contributed by atoms with E-state index in [1.807, 2.05) is 6.20 Å². The normalized spacial score (nSPS) is 27.6. The first-order chi connectivity index (χ1) is 6.75. The molecule has 1 aromatic heterocycles. The van der Waals surface area contributed by atoms with Crippen molar-refractivity contribution in [1.82, 2.24) is 4.98 Å². The molecule has 1 aliphatic carbocycles. The Hall–Kier alpha value is -0.850. The number of nitrogens with zero attached hydrogens (tertiary/aromatic N) is 1. The van der Waals surface area contributed by atoms with E-state index in [9.17, 15) is 0 Å². The summed E-state index contributed by atoms with van der Waals surface area (Å²) in [6, 6.07) is 2.30. The molecule has 0 aromatic carbocycles. The third kappa shape index (κ3) is 2.14. The molecule has 0 spiro atoms. The third-order valence-corrected chi connectivity index (χ3v) is 3.30. The van der Waals surface area contributed by atoms with E-state index in [1.165, 1.54) is 36.8 Å². The summed E-state index contributed by atoms with van der Waals surface area (Å²) in [5, 5.41) is 0. The van der Waals surface area contributed by atoms with E-state index in [2.05, 4.69) is 31.1 Å². The maximum Gasteiger partial charge on any atom is 0.0302 e. The molecule has 0 aliphatic heterocycles. The maximum atomic E-state index is 4.28. The standard InChI is InChI=1S/C13H19N/c1-10-4-3-5-12(6-10)13-7-11(2)8-14-9-13/h7-10,12H,3-6H2,1-2H3/t10-,12?/m0/s1. The summed E-state index contributed by atoms with van der Waals surface area (Å²) in [7, 11) is 0. The summed E-state index contributed by atoms with van der Waals surface area (Å²) < 4.78 is 0. The van der Waals surface area contributed by atoms with Crippen LogP contribution in [0.15, 0.2) is 18.5 Å². The van der Waals surface area contributed by atoms with Gasteiger partial charge in [0, 0.05) is 12.4 Å². The van der Waals surface area contributed by atoms with Gasteiger partial charge in [-0.15, -0.1) is 0 Å². The Morgan fingerprint density at radius 2 is 2.14 bits per heavy atom. The lowest BCUT2D eigenvalue weighted by molar-refractivity contribution is 0.343. The quantitative estimate of drug-likeness (QED) is 0.656. The van der Waals surface area contributed by atoms with Gasteiger partial charge in [0.1, 0.15) is 0 Å². The second-order valence-corrected chi connectivity index (χ2v) is 4.76. The van der Waals surface area contributed by atoms with Crippen molar-refractivity contribution < 1.29 is 0 Å². The van der Waals surface area contributed by atoms with E-state index < -0.39 is 0 Å². The van der Waals surface area contributed by atoms with Crippen molar-refractivity contribution in [2.75, 3.05) is 0 Å². The summed E-state index contributed by atoms with van der Waals surface area (Å²) in [5.41, 5.74) is 2.75. The molecule has 14 heavy (non-hydrogen) atoms. The van der Waals surface area contributed by atoms with Gasteiger partial charge in [-0.2, -0.15) is 0 Å². The number of aryl methyl sites for hydroxylation is 1. The lowest BCUT2D eigenvalue weighted by atomic mass is 9.79. The first-order valence-electron chi connectivity index (χ1n) is 5.67. The molecule has 1 unspecified atom stereocenters. The van der Waals surface area contributed by atoms with Crippen LogP contribution < -0.4 is 0 Å². The highest BCUT2D eigenvalue weighted by Crippen LogP contribution is 2.35. The van der Waals surface area contributed by atoms with Crippen LogP contribution in [-0.2, 0) is 0 Å². The van der Waals surface area contributed by atoms with Gasteiger partial charge in [0.2, 0.25) is 0 Å². The largest absolute Gasteiger partial charge is 0.264 e.